The first-order chi connectivity index (χ1) is 9.02. The zero-order valence-electron chi connectivity index (χ0n) is 11.6. The van der Waals surface area contributed by atoms with Gasteiger partial charge < -0.3 is 9.84 Å². The molecule has 0 fully saturated rings. The second-order valence-electron chi connectivity index (χ2n) is 4.55. The predicted octanol–water partition coefficient (Wildman–Crippen LogP) is 2.75. The largest absolute Gasteiger partial charge is 0.496 e. The maximum absolute atomic E-state index is 10.2. The lowest BCUT2D eigenvalue weighted by Crippen LogP contribution is -2.05. The van der Waals surface area contributed by atoms with Gasteiger partial charge >= 0.3 is 0 Å². The van der Waals surface area contributed by atoms with E-state index in [1.54, 1.807) is 19.5 Å². The van der Waals surface area contributed by atoms with Crippen LogP contribution in [0.15, 0.2) is 12.4 Å². The third kappa shape index (κ3) is 2.93. The SMILES string of the molecule is COc1c(C)cnc(CC(O)c2cnc(C)s2)c1C. The molecule has 2 aromatic rings. The van der Waals surface area contributed by atoms with Crippen LogP contribution >= 0.6 is 11.3 Å². The molecule has 2 aromatic heterocycles. The molecule has 0 aliphatic rings. The second kappa shape index (κ2) is 5.67. The Morgan fingerprint density at radius 2 is 2.00 bits per heavy atom. The van der Waals surface area contributed by atoms with E-state index in [2.05, 4.69) is 9.97 Å². The molecule has 0 saturated heterocycles. The lowest BCUT2D eigenvalue weighted by Gasteiger charge is -2.14. The number of pyridine rings is 1. The highest BCUT2D eigenvalue weighted by molar-refractivity contribution is 7.11. The normalized spacial score (nSPS) is 12.5. The molecule has 0 aromatic carbocycles. The Bertz CT molecular complexity index is 581. The van der Waals surface area contributed by atoms with Gasteiger partial charge in [0.05, 0.1) is 23.1 Å². The first-order valence-electron chi connectivity index (χ1n) is 6.12. The molecule has 0 aliphatic heterocycles. The number of methoxy groups -OCH3 is 1. The van der Waals surface area contributed by atoms with Crippen molar-refractivity contribution in [2.24, 2.45) is 0 Å². The van der Waals surface area contributed by atoms with Crippen molar-refractivity contribution in [2.75, 3.05) is 7.11 Å². The van der Waals surface area contributed by atoms with E-state index >= 15 is 0 Å². The summed E-state index contributed by atoms with van der Waals surface area (Å²) in [5.41, 5.74) is 2.86. The fourth-order valence-corrected chi connectivity index (χ4v) is 2.86. The van der Waals surface area contributed by atoms with E-state index in [-0.39, 0.29) is 0 Å². The van der Waals surface area contributed by atoms with Crippen LogP contribution in [-0.2, 0) is 6.42 Å². The Morgan fingerprint density at radius 1 is 1.26 bits per heavy atom. The van der Waals surface area contributed by atoms with Crippen molar-refractivity contribution in [3.63, 3.8) is 0 Å². The van der Waals surface area contributed by atoms with E-state index in [4.69, 9.17) is 4.74 Å². The van der Waals surface area contributed by atoms with E-state index in [1.807, 2.05) is 20.8 Å². The van der Waals surface area contributed by atoms with E-state index in [0.717, 1.165) is 32.5 Å². The number of nitrogens with zero attached hydrogens (tertiary/aromatic N) is 2. The number of aliphatic hydroxyl groups excluding tert-OH is 1. The lowest BCUT2D eigenvalue weighted by atomic mass is 10.1. The molecule has 2 heterocycles. The Morgan fingerprint density at radius 3 is 2.58 bits per heavy atom. The third-order valence-electron chi connectivity index (χ3n) is 3.10. The molecular weight excluding hydrogens is 260 g/mol. The van der Waals surface area contributed by atoms with Crippen LogP contribution in [0, 0.1) is 20.8 Å². The van der Waals surface area contributed by atoms with E-state index in [9.17, 15) is 5.11 Å². The molecule has 1 atom stereocenters. The topological polar surface area (TPSA) is 55.2 Å². The molecule has 0 saturated carbocycles. The Labute approximate surface area is 117 Å². The summed E-state index contributed by atoms with van der Waals surface area (Å²) < 4.78 is 5.38. The highest BCUT2D eigenvalue weighted by Crippen LogP contribution is 2.28. The number of rotatable bonds is 4. The molecule has 102 valence electrons. The number of ether oxygens (including phenoxy) is 1. The molecule has 0 aliphatic carbocycles. The summed E-state index contributed by atoms with van der Waals surface area (Å²) in [7, 11) is 1.65. The lowest BCUT2D eigenvalue weighted by molar-refractivity contribution is 0.180. The van der Waals surface area contributed by atoms with Gasteiger partial charge in [-0.15, -0.1) is 11.3 Å². The summed E-state index contributed by atoms with van der Waals surface area (Å²) >= 11 is 1.51. The van der Waals surface area contributed by atoms with E-state index in [1.165, 1.54) is 11.3 Å². The molecule has 0 radical (unpaired) electrons. The van der Waals surface area contributed by atoms with Crippen molar-refractivity contribution in [3.8, 4) is 5.75 Å². The highest BCUT2D eigenvalue weighted by atomic mass is 32.1. The maximum Gasteiger partial charge on any atom is 0.128 e. The number of aromatic nitrogens is 2. The summed E-state index contributed by atoms with van der Waals surface area (Å²) in [5.74, 6) is 0.845. The van der Waals surface area contributed by atoms with Gasteiger partial charge in [0.2, 0.25) is 0 Å². The van der Waals surface area contributed by atoms with Gasteiger partial charge in [-0.05, 0) is 20.8 Å². The van der Waals surface area contributed by atoms with Crippen molar-refractivity contribution < 1.29 is 9.84 Å². The summed E-state index contributed by atoms with van der Waals surface area (Å²) in [6, 6.07) is 0. The van der Waals surface area contributed by atoms with Crippen LogP contribution in [-0.4, -0.2) is 22.2 Å². The summed E-state index contributed by atoms with van der Waals surface area (Å²) in [4.78, 5) is 9.44. The Balaban J connectivity index is 2.24. The zero-order valence-corrected chi connectivity index (χ0v) is 12.4. The monoisotopic (exact) mass is 278 g/mol. The minimum absolute atomic E-state index is 0.476. The highest BCUT2D eigenvalue weighted by Gasteiger charge is 2.16. The van der Waals surface area contributed by atoms with Gasteiger partial charge in [-0.2, -0.15) is 0 Å². The summed E-state index contributed by atoms with van der Waals surface area (Å²) in [6.45, 7) is 5.86. The molecule has 0 spiro atoms. The standard InChI is InChI=1S/C14H18N2O2S/c1-8-6-16-11(9(2)14(8)18-4)5-12(17)13-7-15-10(3)19-13/h6-7,12,17H,5H2,1-4H3. The van der Waals surface area contributed by atoms with Crippen LogP contribution in [0.3, 0.4) is 0 Å². The van der Waals surface area contributed by atoms with Gasteiger partial charge in [-0.1, -0.05) is 0 Å². The average Bonchev–Trinajstić information content (AvgIpc) is 2.80. The maximum atomic E-state index is 10.2. The van der Waals surface area contributed by atoms with Crippen LogP contribution < -0.4 is 4.74 Å². The van der Waals surface area contributed by atoms with Crippen LogP contribution in [0.25, 0.3) is 0 Å². The predicted molar refractivity (Wildman–Crippen MR) is 75.8 cm³/mol. The van der Waals surface area contributed by atoms with Crippen LogP contribution in [0.2, 0.25) is 0 Å². The molecule has 0 amide bonds. The number of hydrogen-bond donors (Lipinski definition) is 1. The molecule has 1 unspecified atom stereocenters. The van der Waals surface area contributed by atoms with Crippen molar-refractivity contribution >= 4 is 11.3 Å². The van der Waals surface area contributed by atoms with Crippen molar-refractivity contribution in [2.45, 2.75) is 33.3 Å². The van der Waals surface area contributed by atoms with Crippen molar-refractivity contribution in [3.05, 3.63) is 39.1 Å². The molecule has 5 heteroatoms. The number of aliphatic hydroxyl groups is 1. The van der Waals surface area contributed by atoms with Crippen LogP contribution in [0.5, 0.6) is 5.75 Å². The number of aryl methyl sites for hydroxylation is 2. The minimum atomic E-state index is -0.565. The fraction of sp³-hybridized carbons (Fsp3) is 0.429. The molecule has 2 rings (SSSR count). The first-order valence-corrected chi connectivity index (χ1v) is 6.94. The van der Waals surface area contributed by atoms with E-state index in [0.29, 0.717) is 6.42 Å². The number of hydrogen-bond acceptors (Lipinski definition) is 5. The molecular formula is C14H18N2O2S. The van der Waals surface area contributed by atoms with Crippen molar-refractivity contribution in [1.82, 2.24) is 9.97 Å². The fourth-order valence-electron chi connectivity index (χ4n) is 2.09. The quantitative estimate of drug-likeness (QED) is 0.934. The molecule has 4 nitrogen and oxygen atoms in total. The Kier molecular flexibility index (Phi) is 4.17. The average molecular weight is 278 g/mol. The van der Waals surface area contributed by atoms with Gasteiger partial charge in [0, 0.05) is 35.6 Å². The van der Waals surface area contributed by atoms with Crippen LogP contribution in [0.4, 0.5) is 0 Å². The first kappa shape index (κ1) is 14.0. The second-order valence-corrected chi connectivity index (χ2v) is 5.81. The molecule has 0 bridgehead atoms. The van der Waals surface area contributed by atoms with Crippen molar-refractivity contribution in [1.29, 1.82) is 0 Å². The summed E-state index contributed by atoms with van der Waals surface area (Å²) in [5, 5.41) is 11.2. The van der Waals surface area contributed by atoms with Gasteiger partial charge in [-0.25, -0.2) is 4.98 Å². The van der Waals surface area contributed by atoms with Gasteiger partial charge in [0.1, 0.15) is 5.75 Å². The number of thiazole rings is 1. The third-order valence-corrected chi connectivity index (χ3v) is 4.12. The Hall–Kier alpha value is -1.46. The van der Waals surface area contributed by atoms with Gasteiger partial charge in [0.15, 0.2) is 0 Å². The van der Waals surface area contributed by atoms with Gasteiger partial charge in [0.25, 0.3) is 0 Å². The summed E-state index contributed by atoms with van der Waals surface area (Å²) in [6.07, 6.45) is 3.42. The van der Waals surface area contributed by atoms with Gasteiger partial charge in [-0.3, -0.25) is 4.98 Å². The van der Waals surface area contributed by atoms with Crippen LogP contribution in [0.1, 0.15) is 32.8 Å². The molecule has 19 heavy (non-hydrogen) atoms. The smallest absolute Gasteiger partial charge is 0.128 e. The minimum Gasteiger partial charge on any atom is -0.496 e. The zero-order chi connectivity index (χ0) is 14.0. The van der Waals surface area contributed by atoms with E-state index < -0.39 is 6.10 Å². The molecule has 1 N–H and O–H groups in total.